The van der Waals surface area contributed by atoms with Gasteiger partial charge in [-0.3, -0.25) is 9.59 Å². The molecule has 2 aromatic carbocycles. The van der Waals surface area contributed by atoms with E-state index in [1.165, 1.54) is 18.2 Å². The lowest BCUT2D eigenvalue weighted by Gasteiger charge is -2.26. The van der Waals surface area contributed by atoms with E-state index in [0.717, 1.165) is 12.7 Å². The highest BCUT2D eigenvalue weighted by molar-refractivity contribution is 9.10. The van der Waals surface area contributed by atoms with E-state index in [2.05, 4.69) is 15.9 Å². The smallest absolute Gasteiger partial charge is 0.342 e. The Labute approximate surface area is 238 Å². The highest BCUT2D eigenvalue weighted by Crippen LogP contribution is 2.36. The third-order valence-corrected chi connectivity index (χ3v) is 7.03. The zero-order valence-corrected chi connectivity index (χ0v) is 25.8. The summed E-state index contributed by atoms with van der Waals surface area (Å²) in [6.45, 7) is 11.9. The van der Waals surface area contributed by atoms with Crippen LogP contribution in [0, 0.1) is 12.8 Å². The second kappa shape index (κ2) is 12.5. The van der Waals surface area contributed by atoms with E-state index in [1.54, 1.807) is 59.7 Å². The van der Waals surface area contributed by atoms with Crippen LogP contribution in [-0.4, -0.2) is 44.6 Å². The number of hydrogen-bond donors (Lipinski definition) is 0. The Bertz CT molecular complexity index is 1290. The molecule has 0 unspecified atom stereocenters. The van der Waals surface area contributed by atoms with Crippen molar-refractivity contribution in [1.29, 1.82) is 0 Å². The van der Waals surface area contributed by atoms with Gasteiger partial charge in [0.1, 0.15) is 21.7 Å². The van der Waals surface area contributed by atoms with E-state index < -0.39 is 45.1 Å². The van der Waals surface area contributed by atoms with Crippen molar-refractivity contribution in [1.82, 2.24) is 0 Å². The second-order valence-corrected chi connectivity index (χ2v) is 13.3. The van der Waals surface area contributed by atoms with Crippen LogP contribution >= 0.6 is 15.9 Å². The summed E-state index contributed by atoms with van der Waals surface area (Å²) in [5.41, 5.74) is -0.697. The van der Waals surface area contributed by atoms with E-state index in [4.69, 9.17) is 18.4 Å². The molecule has 0 saturated heterocycles. The minimum Gasteiger partial charge on any atom is -0.465 e. The number of aryl methyl sites for hydroxylation is 2. The van der Waals surface area contributed by atoms with Crippen LogP contribution in [0.25, 0.3) is 0 Å². The number of carbonyl (C=O) groups excluding carboxylic acids is 3. The monoisotopic (exact) mass is 626 g/mol. The summed E-state index contributed by atoms with van der Waals surface area (Å²) in [7, 11) is -3.17. The van der Waals surface area contributed by atoms with Crippen LogP contribution in [0.4, 0.5) is 0 Å². The molecule has 2 aromatic rings. The number of ether oxygens (including phenoxy) is 3. The van der Waals surface area contributed by atoms with Gasteiger partial charge in [0.2, 0.25) is 0 Å². The van der Waals surface area contributed by atoms with Gasteiger partial charge in [0.05, 0.1) is 11.6 Å². The van der Waals surface area contributed by atoms with Crippen LogP contribution in [0.5, 0.6) is 5.75 Å². The summed E-state index contributed by atoms with van der Waals surface area (Å²) in [4.78, 5) is 38.7. The topological polar surface area (TPSA) is 122 Å². The molecule has 2 rings (SSSR count). The molecule has 39 heavy (non-hydrogen) atoms. The summed E-state index contributed by atoms with van der Waals surface area (Å²) >= 11 is 3.26. The van der Waals surface area contributed by atoms with Crippen molar-refractivity contribution in [2.24, 2.45) is 5.92 Å². The third kappa shape index (κ3) is 9.35. The van der Waals surface area contributed by atoms with E-state index in [9.17, 15) is 22.8 Å². The fraction of sp³-hybridized carbons (Fsp3) is 0.464. The first-order chi connectivity index (χ1) is 17.8. The van der Waals surface area contributed by atoms with Gasteiger partial charge in [-0.15, -0.1) is 0 Å². The molecule has 0 bridgehead atoms. The average Bonchev–Trinajstić information content (AvgIpc) is 2.78. The second-order valence-electron chi connectivity index (χ2n) is 10.9. The molecule has 0 atom stereocenters. The molecule has 0 aliphatic rings. The maximum Gasteiger partial charge on any atom is 0.342 e. The number of esters is 3. The van der Waals surface area contributed by atoms with Crippen LogP contribution in [0.15, 0.2) is 45.8 Å². The standard InChI is InChI=1S/C28H35BrO9S/c1-17-9-13-19(14-10-17)39(33,34)38-23-21(29)16-12-18(22(23)26(32)35-8)11-15-20(24(30)36-27(2,3)4)25(31)37-28(5,6)7/h9-10,12-14,16,20H,11,15H2,1-8H3. The van der Waals surface area contributed by atoms with Gasteiger partial charge in [-0.1, -0.05) is 23.8 Å². The normalized spacial score (nSPS) is 12.2. The summed E-state index contributed by atoms with van der Waals surface area (Å²) < 4.78 is 47.5. The molecule has 9 nitrogen and oxygen atoms in total. The number of benzene rings is 2. The largest absolute Gasteiger partial charge is 0.465 e. The van der Waals surface area contributed by atoms with Crippen molar-refractivity contribution >= 4 is 44.0 Å². The van der Waals surface area contributed by atoms with Gasteiger partial charge in [-0.05, 0) is 101 Å². The van der Waals surface area contributed by atoms with Crippen LogP contribution in [0.1, 0.15) is 69.4 Å². The SMILES string of the molecule is COC(=O)c1c(CCC(C(=O)OC(C)(C)C)C(=O)OC(C)(C)C)ccc(Br)c1OS(=O)(=O)c1ccc(C)cc1. The van der Waals surface area contributed by atoms with Crippen LogP contribution in [0.2, 0.25) is 0 Å². The van der Waals surface area contributed by atoms with E-state index >= 15 is 0 Å². The predicted molar refractivity (Wildman–Crippen MR) is 148 cm³/mol. The quantitative estimate of drug-likeness (QED) is 0.153. The summed E-state index contributed by atoms with van der Waals surface area (Å²) in [6, 6.07) is 9.10. The van der Waals surface area contributed by atoms with Gasteiger partial charge in [0.15, 0.2) is 11.7 Å². The van der Waals surface area contributed by atoms with Crippen molar-refractivity contribution in [2.45, 2.75) is 77.4 Å². The molecule has 0 heterocycles. The highest BCUT2D eigenvalue weighted by atomic mass is 79.9. The maximum absolute atomic E-state index is 13.0. The number of rotatable bonds is 9. The van der Waals surface area contributed by atoms with Crippen molar-refractivity contribution < 1.29 is 41.2 Å². The zero-order chi connectivity index (χ0) is 29.8. The third-order valence-electron chi connectivity index (χ3n) is 5.17. The maximum atomic E-state index is 13.0. The Hall–Kier alpha value is -2.92. The van der Waals surface area contributed by atoms with Crippen molar-refractivity contribution in [2.75, 3.05) is 7.11 Å². The Balaban J connectivity index is 2.50. The molecule has 0 saturated carbocycles. The van der Waals surface area contributed by atoms with Crippen LogP contribution in [0.3, 0.4) is 0 Å². The molecule has 0 amide bonds. The van der Waals surface area contributed by atoms with Crippen molar-refractivity contribution in [3.8, 4) is 5.75 Å². The highest BCUT2D eigenvalue weighted by Gasteiger charge is 2.35. The molecule has 0 radical (unpaired) electrons. The first-order valence-electron chi connectivity index (χ1n) is 12.2. The molecule has 0 fully saturated rings. The van der Waals surface area contributed by atoms with Gasteiger partial charge < -0.3 is 18.4 Å². The van der Waals surface area contributed by atoms with Gasteiger partial charge in [0.25, 0.3) is 0 Å². The number of halogens is 1. The minimum absolute atomic E-state index is 0.00179. The fourth-order valence-corrected chi connectivity index (χ4v) is 4.93. The Morgan fingerprint density at radius 2 is 1.38 bits per heavy atom. The predicted octanol–water partition coefficient (Wildman–Crippen LogP) is 5.54. The molecular weight excluding hydrogens is 592 g/mol. The lowest BCUT2D eigenvalue weighted by Crippen LogP contribution is -2.37. The van der Waals surface area contributed by atoms with Gasteiger partial charge in [0, 0.05) is 0 Å². The zero-order valence-electron chi connectivity index (χ0n) is 23.4. The molecular formula is C28H35BrO9S. The number of hydrogen-bond acceptors (Lipinski definition) is 9. The van der Waals surface area contributed by atoms with E-state index in [1.807, 2.05) is 6.92 Å². The molecule has 0 spiro atoms. The lowest BCUT2D eigenvalue weighted by atomic mass is 9.95. The molecule has 0 aliphatic carbocycles. The minimum atomic E-state index is -4.32. The number of carbonyl (C=O) groups is 3. The van der Waals surface area contributed by atoms with E-state index in [-0.39, 0.29) is 33.5 Å². The van der Waals surface area contributed by atoms with Crippen molar-refractivity contribution in [3.63, 3.8) is 0 Å². The van der Waals surface area contributed by atoms with Gasteiger partial charge in [-0.2, -0.15) is 8.42 Å². The van der Waals surface area contributed by atoms with Crippen molar-refractivity contribution in [3.05, 3.63) is 57.6 Å². The van der Waals surface area contributed by atoms with Crippen LogP contribution < -0.4 is 4.18 Å². The molecule has 0 aromatic heterocycles. The molecule has 11 heteroatoms. The van der Waals surface area contributed by atoms with Gasteiger partial charge >= 0.3 is 28.0 Å². The number of methoxy groups -OCH3 is 1. The Morgan fingerprint density at radius 3 is 1.85 bits per heavy atom. The first-order valence-corrected chi connectivity index (χ1v) is 14.4. The summed E-state index contributed by atoms with van der Waals surface area (Å²) in [5, 5.41) is 0. The van der Waals surface area contributed by atoms with E-state index in [0.29, 0.717) is 5.56 Å². The average molecular weight is 628 g/mol. The molecule has 0 aliphatic heterocycles. The summed E-state index contributed by atoms with van der Waals surface area (Å²) in [6.07, 6.45) is -0.0819. The van der Waals surface area contributed by atoms with Crippen LogP contribution in [-0.2, 0) is 40.3 Å². The molecule has 214 valence electrons. The molecule has 0 N–H and O–H groups in total. The summed E-state index contributed by atoms with van der Waals surface area (Å²) in [5.74, 6) is -3.96. The fourth-order valence-electron chi connectivity index (χ4n) is 3.45. The lowest BCUT2D eigenvalue weighted by molar-refractivity contribution is -0.174. The van der Waals surface area contributed by atoms with Gasteiger partial charge in [-0.25, -0.2) is 4.79 Å². The Morgan fingerprint density at radius 1 is 0.872 bits per heavy atom. The first kappa shape index (κ1) is 32.3. The Kier molecular flexibility index (Phi) is 10.4.